The van der Waals surface area contributed by atoms with Crippen molar-refractivity contribution in [3.63, 3.8) is 0 Å². The summed E-state index contributed by atoms with van der Waals surface area (Å²) >= 11 is 0. The van der Waals surface area contributed by atoms with Gasteiger partial charge < -0.3 is 15.0 Å². The van der Waals surface area contributed by atoms with Crippen molar-refractivity contribution in [3.8, 4) is 0 Å². The van der Waals surface area contributed by atoms with Crippen LogP contribution < -0.4 is 21.3 Å². The monoisotopic (exact) mass is 436 g/mol. The molecular formula is C23H24N4O5. The van der Waals surface area contributed by atoms with Gasteiger partial charge in [0.25, 0.3) is 17.0 Å². The molecule has 0 radical (unpaired) electrons. The highest BCUT2D eigenvalue weighted by atomic mass is 16.5. The van der Waals surface area contributed by atoms with Crippen molar-refractivity contribution < 1.29 is 14.3 Å². The Hall–Kier alpha value is -3.88. The zero-order chi connectivity index (χ0) is 22.5. The Balaban J connectivity index is 1.31. The molecule has 9 nitrogen and oxygen atoms in total. The summed E-state index contributed by atoms with van der Waals surface area (Å²) in [6.07, 6.45) is 3.63. The molecule has 2 aromatic carbocycles. The Bertz CT molecular complexity index is 1240. The van der Waals surface area contributed by atoms with Crippen LogP contribution in [-0.4, -0.2) is 41.4 Å². The van der Waals surface area contributed by atoms with Crippen molar-refractivity contribution in [2.45, 2.75) is 25.8 Å². The lowest BCUT2D eigenvalue weighted by Gasteiger charge is -2.28. The van der Waals surface area contributed by atoms with Crippen LogP contribution in [0.25, 0.3) is 10.8 Å². The molecule has 0 bridgehead atoms. The highest BCUT2D eigenvalue weighted by Crippen LogP contribution is 2.21. The normalized spacial score (nSPS) is 13.7. The fourth-order valence-corrected chi connectivity index (χ4v) is 3.78. The van der Waals surface area contributed by atoms with Crippen molar-refractivity contribution in [2.75, 3.05) is 29.9 Å². The predicted molar refractivity (Wildman–Crippen MR) is 121 cm³/mol. The molecule has 0 atom stereocenters. The lowest BCUT2D eigenvalue weighted by molar-refractivity contribution is -0.148. The molecule has 1 aliphatic rings. The number of amides is 1. The third-order valence-corrected chi connectivity index (χ3v) is 5.41. The largest absolute Gasteiger partial charge is 0.454 e. The van der Waals surface area contributed by atoms with Gasteiger partial charge in [-0.05, 0) is 55.7 Å². The average Bonchev–Trinajstić information content (AvgIpc) is 2.82. The van der Waals surface area contributed by atoms with Crippen LogP contribution in [0.15, 0.2) is 58.1 Å². The molecule has 0 saturated carbocycles. The fourth-order valence-electron chi connectivity index (χ4n) is 3.78. The predicted octanol–water partition coefficient (Wildman–Crippen LogP) is 1.86. The van der Waals surface area contributed by atoms with Crippen LogP contribution in [-0.2, 0) is 20.9 Å². The molecule has 4 rings (SSSR count). The van der Waals surface area contributed by atoms with E-state index < -0.39 is 36.1 Å². The first-order valence-electron chi connectivity index (χ1n) is 10.5. The molecule has 1 amide bonds. The second-order valence-electron chi connectivity index (χ2n) is 7.68. The van der Waals surface area contributed by atoms with E-state index in [4.69, 9.17) is 4.74 Å². The van der Waals surface area contributed by atoms with E-state index in [-0.39, 0.29) is 10.8 Å². The van der Waals surface area contributed by atoms with Gasteiger partial charge in [0.15, 0.2) is 6.61 Å². The van der Waals surface area contributed by atoms with Crippen LogP contribution in [0.5, 0.6) is 0 Å². The van der Waals surface area contributed by atoms with Gasteiger partial charge in [-0.1, -0.05) is 12.1 Å². The molecule has 1 aromatic heterocycles. The van der Waals surface area contributed by atoms with E-state index in [9.17, 15) is 19.2 Å². The lowest BCUT2D eigenvalue weighted by Crippen LogP contribution is -2.33. The molecule has 1 saturated heterocycles. The number of carbonyl (C=O) groups excluding carboxylic acids is 2. The number of rotatable bonds is 6. The third kappa shape index (κ3) is 4.88. The Kier molecular flexibility index (Phi) is 6.34. The molecule has 3 aromatic rings. The smallest absolute Gasteiger partial charge is 0.328 e. The second-order valence-corrected chi connectivity index (χ2v) is 7.68. The van der Waals surface area contributed by atoms with Crippen molar-refractivity contribution in [1.82, 2.24) is 9.78 Å². The molecule has 0 aliphatic carbocycles. The summed E-state index contributed by atoms with van der Waals surface area (Å²) in [4.78, 5) is 51.1. The number of ether oxygens (including phenoxy) is 1. The number of carbonyl (C=O) groups is 2. The van der Waals surface area contributed by atoms with Crippen LogP contribution in [0.3, 0.4) is 0 Å². The summed E-state index contributed by atoms with van der Waals surface area (Å²) in [5, 5.41) is 5.47. The van der Waals surface area contributed by atoms with E-state index in [2.05, 4.69) is 15.3 Å². The maximum Gasteiger partial charge on any atom is 0.328 e. The Labute approximate surface area is 183 Å². The van der Waals surface area contributed by atoms with Gasteiger partial charge in [-0.2, -0.15) is 0 Å². The third-order valence-electron chi connectivity index (χ3n) is 5.41. The maximum absolute atomic E-state index is 12.4. The first-order valence-corrected chi connectivity index (χ1v) is 10.5. The molecule has 166 valence electrons. The number of nitrogens with one attached hydrogen (secondary N) is 2. The quantitative estimate of drug-likeness (QED) is 0.571. The van der Waals surface area contributed by atoms with Crippen molar-refractivity contribution >= 4 is 34.0 Å². The minimum absolute atomic E-state index is 0.204. The van der Waals surface area contributed by atoms with E-state index in [0.29, 0.717) is 5.69 Å². The number of aromatic amines is 1. The van der Waals surface area contributed by atoms with E-state index in [0.717, 1.165) is 23.5 Å². The number of hydrogen-bond donors (Lipinski definition) is 2. The molecule has 2 N–H and O–H groups in total. The summed E-state index contributed by atoms with van der Waals surface area (Å²) in [5.41, 5.74) is 0.708. The summed E-state index contributed by atoms with van der Waals surface area (Å²) < 4.78 is 5.84. The van der Waals surface area contributed by atoms with Crippen molar-refractivity contribution in [1.29, 1.82) is 0 Å². The van der Waals surface area contributed by atoms with E-state index in [1.165, 1.54) is 31.4 Å². The first-order chi connectivity index (χ1) is 15.5. The molecule has 9 heteroatoms. The van der Waals surface area contributed by atoms with E-state index in [1.807, 2.05) is 24.3 Å². The number of benzene rings is 2. The number of hydrogen-bond acceptors (Lipinski definition) is 6. The molecule has 0 spiro atoms. The van der Waals surface area contributed by atoms with Crippen LogP contribution in [0, 0.1) is 0 Å². The number of esters is 1. The van der Waals surface area contributed by atoms with Crippen LogP contribution in [0.1, 0.15) is 19.3 Å². The standard InChI is InChI=1S/C23H24N4O5/c28-20(24-16-8-10-17(11-9-16)26-12-4-1-5-13-26)15-32-21(29)14-27-23(31)19-7-3-2-6-18(19)22(30)25-27/h2-3,6-11H,1,4-5,12-15H2,(H,24,28)(H,25,30). The van der Waals surface area contributed by atoms with E-state index >= 15 is 0 Å². The SMILES string of the molecule is O=C(COC(=O)Cn1[nH]c(=O)c2ccccc2c1=O)Nc1ccc(N2CCCCC2)cc1. The van der Waals surface area contributed by atoms with Crippen molar-refractivity contribution in [3.05, 3.63) is 69.2 Å². The van der Waals surface area contributed by atoms with Crippen molar-refractivity contribution in [2.24, 2.45) is 0 Å². The fraction of sp³-hybridized carbons (Fsp3) is 0.304. The topological polar surface area (TPSA) is 113 Å². The molecule has 1 aliphatic heterocycles. The number of nitrogens with zero attached hydrogens (tertiary/aromatic N) is 2. The Morgan fingerprint density at radius 3 is 2.34 bits per heavy atom. The molecule has 2 heterocycles. The van der Waals surface area contributed by atoms with Crippen LogP contribution in [0.2, 0.25) is 0 Å². The van der Waals surface area contributed by atoms with Gasteiger partial charge in [-0.25, -0.2) is 4.68 Å². The zero-order valence-electron chi connectivity index (χ0n) is 17.5. The summed E-state index contributed by atoms with van der Waals surface area (Å²) in [6.45, 7) is 1.07. The minimum Gasteiger partial charge on any atom is -0.454 e. The summed E-state index contributed by atoms with van der Waals surface area (Å²) in [6, 6.07) is 13.8. The van der Waals surface area contributed by atoms with Gasteiger partial charge in [-0.15, -0.1) is 0 Å². The highest BCUT2D eigenvalue weighted by Gasteiger charge is 2.14. The number of piperidine rings is 1. The van der Waals surface area contributed by atoms with Gasteiger partial charge in [0, 0.05) is 24.5 Å². The molecular weight excluding hydrogens is 412 g/mol. The molecule has 0 unspecified atom stereocenters. The van der Waals surface area contributed by atoms with Gasteiger partial charge >= 0.3 is 5.97 Å². The van der Waals surface area contributed by atoms with Gasteiger partial charge in [0.2, 0.25) is 0 Å². The van der Waals surface area contributed by atoms with Gasteiger partial charge in [0.05, 0.1) is 10.8 Å². The number of aromatic nitrogens is 2. The lowest BCUT2D eigenvalue weighted by atomic mass is 10.1. The Morgan fingerprint density at radius 2 is 1.62 bits per heavy atom. The number of fused-ring (bicyclic) bond motifs is 1. The summed E-state index contributed by atoms with van der Waals surface area (Å²) in [5.74, 6) is -1.31. The van der Waals surface area contributed by atoms with E-state index in [1.54, 1.807) is 12.1 Å². The Morgan fingerprint density at radius 1 is 0.938 bits per heavy atom. The average molecular weight is 436 g/mol. The highest BCUT2D eigenvalue weighted by molar-refractivity contribution is 5.93. The first kappa shape index (κ1) is 21.4. The van der Waals surface area contributed by atoms with Gasteiger partial charge in [-0.3, -0.25) is 24.3 Å². The maximum atomic E-state index is 12.4. The van der Waals surface area contributed by atoms with Crippen LogP contribution in [0.4, 0.5) is 11.4 Å². The number of anilines is 2. The molecule has 1 fully saturated rings. The minimum atomic E-state index is -0.811. The zero-order valence-corrected chi connectivity index (χ0v) is 17.5. The van der Waals surface area contributed by atoms with Crippen LogP contribution >= 0.6 is 0 Å². The second kappa shape index (κ2) is 9.51. The molecule has 32 heavy (non-hydrogen) atoms. The van der Waals surface area contributed by atoms with Gasteiger partial charge in [0.1, 0.15) is 6.54 Å². The summed E-state index contributed by atoms with van der Waals surface area (Å²) in [7, 11) is 0. The number of H-pyrrole nitrogens is 1.